The van der Waals surface area contributed by atoms with Crippen molar-refractivity contribution < 1.29 is 86.1 Å². The quantitative estimate of drug-likeness (QED) is 0.121. The van der Waals surface area contributed by atoms with Gasteiger partial charge in [0, 0.05) is 48.5 Å². The molecule has 0 radical (unpaired) electrons. The molecule has 1 heterocycles. The third kappa shape index (κ3) is 12.6. The maximum atomic E-state index is 12.0. The Hall–Kier alpha value is -4.16. The Morgan fingerprint density at radius 2 is 1.14 bits per heavy atom. The molecule has 0 bridgehead atoms. The fraction of sp³-hybridized carbons (Fsp3) is 0.692. The third-order valence-corrected chi connectivity index (χ3v) is 5.45. The van der Waals surface area contributed by atoms with Crippen LogP contribution in [0.2, 0.25) is 0 Å². The molecule has 1 aliphatic heterocycles. The van der Waals surface area contributed by atoms with Gasteiger partial charge in [0.05, 0.1) is 6.61 Å². The first-order valence-electron chi connectivity index (χ1n) is 13.0. The van der Waals surface area contributed by atoms with Crippen molar-refractivity contribution in [2.45, 2.75) is 104 Å². The second-order valence-electron chi connectivity index (χ2n) is 9.33. The van der Waals surface area contributed by atoms with Crippen LogP contribution in [0, 0.1) is 0 Å². The fourth-order valence-corrected chi connectivity index (χ4v) is 4.04. The number of carbonyl (C=O) groups excluding carboxylic acids is 8. The van der Waals surface area contributed by atoms with Gasteiger partial charge in [-0.3, -0.25) is 38.4 Å². The number of ether oxygens (including phenoxy) is 9. The van der Waals surface area contributed by atoms with Gasteiger partial charge >= 0.3 is 41.8 Å². The second kappa shape index (κ2) is 17.8. The highest BCUT2D eigenvalue weighted by atomic mass is 16.7. The van der Waals surface area contributed by atoms with Crippen molar-refractivity contribution in [1.29, 1.82) is 0 Å². The average molecular weight is 637 g/mol. The van der Waals surface area contributed by atoms with E-state index >= 15 is 0 Å². The molecule has 1 rings (SSSR count). The molecule has 0 aromatic rings. The van der Waals surface area contributed by atoms with Crippen molar-refractivity contribution in [3.05, 3.63) is 0 Å². The van der Waals surface area contributed by atoms with Crippen molar-refractivity contribution in [1.82, 2.24) is 0 Å². The lowest BCUT2D eigenvalue weighted by Crippen LogP contribution is -2.63. The van der Waals surface area contributed by atoms with E-state index in [0.717, 1.165) is 48.5 Å². The highest BCUT2D eigenvalue weighted by Gasteiger charge is 2.53. The van der Waals surface area contributed by atoms with E-state index in [9.17, 15) is 43.5 Å². The molecule has 18 heteroatoms. The highest BCUT2D eigenvalue weighted by molar-refractivity contribution is 5.72. The SMILES string of the molecule is CC(=O)OC[C@H]1O[C@@H](OC[C@@H](O)[C@@H](OC(C)=O)[C@H](OC(C)=O)[C@H](C=O)OC(C)=O)[C@H](OC(C)=O)[C@@H](OC(C)=O)[C@@H]1OC(C)=O. The molecule has 1 aliphatic rings. The lowest BCUT2D eigenvalue weighted by atomic mass is 9.98. The average Bonchev–Trinajstić information content (AvgIpc) is 2.88. The van der Waals surface area contributed by atoms with E-state index in [-0.39, 0.29) is 6.29 Å². The summed E-state index contributed by atoms with van der Waals surface area (Å²) in [5.74, 6) is -6.42. The highest BCUT2D eigenvalue weighted by Crippen LogP contribution is 2.30. The zero-order chi connectivity index (χ0) is 33.7. The first-order valence-corrected chi connectivity index (χ1v) is 13.0. The van der Waals surface area contributed by atoms with Crippen molar-refractivity contribution in [2.24, 2.45) is 0 Å². The van der Waals surface area contributed by atoms with Crippen LogP contribution in [0.1, 0.15) is 48.5 Å². The Bertz CT molecular complexity index is 1070. The van der Waals surface area contributed by atoms with Crippen LogP contribution in [-0.4, -0.2) is 122 Å². The molecule has 0 unspecified atom stereocenters. The van der Waals surface area contributed by atoms with Gasteiger partial charge in [-0.15, -0.1) is 0 Å². The molecule has 0 saturated carbocycles. The number of hydrogen-bond donors (Lipinski definition) is 1. The molecule has 1 fully saturated rings. The zero-order valence-corrected chi connectivity index (χ0v) is 25.1. The molecule has 0 aromatic carbocycles. The van der Waals surface area contributed by atoms with Gasteiger partial charge in [0.1, 0.15) is 18.8 Å². The maximum Gasteiger partial charge on any atom is 0.303 e. The molecule has 0 aliphatic carbocycles. The Morgan fingerprint density at radius 1 is 0.659 bits per heavy atom. The molecule has 1 saturated heterocycles. The van der Waals surface area contributed by atoms with Gasteiger partial charge in [-0.2, -0.15) is 0 Å². The van der Waals surface area contributed by atoms with E-state index in [2.05, 4.69) is 0 Å². The second-order valence-corrected chi connectivity index (χ2v) is 9.33. The summed E-state index contributed by atoms with van der Waals surface area (Å²) in [6, 6.07) is 0. The molecule has 0 amide bonds. The Labute approximate surface area is 251 Å². The summed E-state index contributed by atoms with van der Waals surface area (Å²) in [6.45, 7) is 5.51. The lowest BCUT2D eigenvalue weighted by molar-refractivity contribution is -0.313. The zero-order valence-electron chi connectivity index (χ0n) is 25.1. The van der Waals surface area contributed by atoms with Crippen LogP contribution in [0.4, 0.5) is 0 Å². The first-order chi connectivity index (χ1) is 20.5. The molecule has 18 nitrogen and oxygen atoms in total. The number of aliphatic hydroxyl groups is 1. The molecule has 1 N–H and O–H groups in total. The van der Waals surface area contributed by atoms with Crippen molar-refractivity contribution in [2.75, 3.05) is 13.2 Å². The van der Waals surface area contributed by atoms with Gasteiger partial charge in [0.25, 0.3) is 0 Å². The number of carbonyl (C=O) groups is 8. The molecule has 9 atom stereocenters. The first kappa shape index (κ1) is 37.9. The van der Waals surface area contributed by atoms with Crippen molar-refractivity contribution >= 4 is 48.1 Å². The number of esters is 7. The standard InChI is InChI=1S/C26H36O18/c1-11(28)36-10-20-23(41-15(5)32)24(42-16(6)33)25(43-17(7)34)26(44-20)37-9-18(35)21(39-13(3)30)22(40-14(4)31)19(8-27)38-12(2)29/h8,18-26,35H,9-10H2,1-7H3/t18-,19+,20-,21-,22-,23-,24+,25-,26-/m1/s1. The van der Waals surface area contributed by atoms with Gasteiger partial charge in [-0.05, 0) is 0 Å². The van der Waals surface area contributed by atoms with Gasteiger partial charge in [0.15, 0.2) is 49.2 Å². The third-order valence-electron chi connectivity index (χ3n) is 5.45. The minimum absolute atomic E-state index is 0.0819. The Balaban J connectivity index is 3.49. The monoisotopic (exact) mass is 636 g/mol. The van der Waals surface area contributed by atoms with Crippen LogP contribution in [0.3, 0.4) is 0 Å². The number of aldehydes is 1. The predicted molar refractivity (Wildman–Crippen MR) is 137 cm³/mol. The summed E-state index contributed by atoms with van der Waals surface area (Å²) >= 11 is 0. The van der Waals surface area contributed by atoms with Crippen molar-refractivity contribution in [3.63, 3.8) is 0 Å². The fourth-order valence-electron chi connectivity index (χ4n) is 4.04. The van der Waals surface area contributed by atoms with Gasteiger partial charge < -0.3 is 47.7 Å². The number of hydrogen-bond acceptors (Lipinski definition) is 18. The molecule has 44 heavy (non-hydrogen) atoms. The summed E-state index contributed by atoms with van der Waals surface area (Å²) in [4.78, 5) is 94.2. The van der Waals surface area contributed by atoms with Crippen LogP contribution >= 0.6 is 0 Å². The summed E-state index contributed by atoms with van der Waals surface area (Å²) in [7, 11) is 0. The van der Waals surface area contributed by atoms with Crippen LogP contribution in [0.15, 0.2) is 0 Å². The topological polar surface area (TPSA) is 240 Å². The summed E-state index contributed by atoms with van der Waals surface area (Å²) < 4.78 is 47.1. The van der Waals surface area contributed by atoms with Crippen LogP contribution in [0.25, 0.3) is 0 Å². The smallest absolute Gasteiger partial charge is 0.303 e. The van der Waals surface area contributed by atoms with Gasteiger partial charge in [-0.1, -0.05) is 0 Å². The lowest BCUT2D eigenvalue weighted by Gasteiger charge is -2.44. The Kier molecular flexibility index (Phi) is 15.3. The van der Waals surface area contributed by atoms with Crippen molar-refractivity contribution in [3.8, 4) is 0 Å². The molecule has 0 aromatic heterocycles. The summed E-state index contributed by atoms with van der Waals surface area (Å²) in [5, 5.41) is 11.0. The minimum atomic E-state index is -1.95. The predicted octanol–water partition coefficient (Wildman–Crippen LogP) is -1.56. The Morgan fingerprint density at radius 3 is 1.59 bits per heavy atom. The molecular formula is C26H36O18. The van der Waals surface area contributed by atoms with Gasteiger partial charge in [0.2, 0.25) is 0 Å². The molecule has 248 valence electrons. The summed E-state index contributed by atoms with van der Waals surface area (Å²) in [6.07, 6.45) is -15.3. The summed E-state index contributed by atoms with van der Waals surface area (Å²) in [5.41, 5.74) is 0. The van der Waals surface area contributed by atoms with E-state index in [4.69, 9.17) is 42.6 Å². The van der Waals surface area contributed by atoms with E-state index in [0.29, 0.717) is 0 Å². The van der Waals surface area contributed by atoms with E-state index < -0.39 is 110 Å². The maximum absolute atomic E-state index is 12.0. The number of rotatable bonds is 15. The molecule has 0 spiro atoms. The van der Waals surface area contributed by atoms with Crippen LogP contribution in [-0.2, 0) is 81.0 Å². The van der Waals surface area contributed by atoms with E-state index in [1.807, 2.05) is 0 Å². The molecular weight excluding hydrogens is 600 g/mol. The largest absolute Gasteiger partial charge is 0.463 e. The number of aliphatic hydroxyl groups excluding tert-OH is 1. The van der Waals surface area contributed by atoms with Crippen LogP contribution in [0.5, 0.6) is 0 Å². The minimum Gasteiger partial charge on any atom is -0.463 e. The van der Waals surface area contributed by atoms with Gasteiger partial charge in [-0.25, -0.2) is 0 Å². The van der Waals surface area contributed by atoms with E-state index in [1.165, 1.54) is 0 Å². The van der Waals surface area contributed by atoms with Crippen LogP contribution < -0.4 is 0 Å². The van der Waals surface area contributed by atoms with E-state index in [1.54, 1.807) is 0 Å². The normalized spacial score (nSPS) is 23.8.